The molecule has 0 aliphatic heterocycles. The van der Waals surface area contributed by atoms with Crippen LogP contribution >= 0.6 is 0 Å². The van der Waals surface area contributed by atoms with Crippen LogP contribution in [0.25, 0.3) is 10.8 Å². The van der Waals surface area contributed by atoms with Crippen LogP contribution in [0.3, 0.4) is 0 Å². The van der Waals surface area contributed by atoms with Gasteiger partial charge in [-0.2, -0.15) is 0 Å². The van der Waals surface area contributed by atoms with Gasteiger partial charge in [-0.05, 0) is 30.4 Å². The van der Waals surface area contributed by atoms with Gasteiger partial charge in [-0.1, -0.05) is 42.5 Å². The number of nitrogens with one attached hydrogen (secondary N) is 1. The zero-order valence-corrected chi connectivity index (χ0v) is 9.64. The Bertz CT molecular complexity index is 474. The summed E-state index contributed by atoms with van der Waals surface area (Å²) in [4.78, 5) is 2.06. The van der Waals surface area contributed by atoms with Gasteiger partial charge in [0.15, 0.2) is 0 Å². The highest BCUT2D eigenvalue weighted by Gasteiger charge is 2.13. The average Bonchev–Trinajstić information content (AvgIpc) is 2.30. The smallest absolute Gasteiger partial charge is 0.0986 e. The Labute approximate surface area is 95.8 Å². The molecule has 0 aromatic heterocycles. The van der Waals surface area contributed by atoms with Gasteiger partial charge < -0.3 is 0 Å². The van der Waals surface area contributed by atoms with Crippen LogP contribution in [0.2, 0.25) is 0 Å². The van der Waals surface area contributed by atoms with Crippen molar-refractivity contribution in [1.82, 2.24) is 10.3 Å². The van der Waals surface area contributed by atoms with E-state index in [2.05, 4.69) is 46.7 Å². The number of nitrogens with two attached hydrogens (primary N) is 1. The maximum absolute atomic E-state index is 5.61. The maximum atomic E-state index is 5.61. The van der Waals surface area contributed by atoms with E-state index >= 15 is 0 Å². The number of rotatable bonds is 3. The molecule has 0 radical (unpaired) electrons. The fraction of sp³-hybridized carbons (Fsp3) is 0.231. The molecular formula is C13H17N3. The number of nitrogens with zero attached hydrogens (tertiary/aromatic N) is 1. The molecule has 3 heteroatoms. The van der Waals surface area contributed by atoms with E-state index in [1.165, 1.54) is 16.3 Å². The molecule has 0 bridgehead atoms. The number of benzene rings is 2. The highest BCUT2D eigenvalue weighted by Crippen LogP contribution is 2.24. The van der Waals surface area contributed by atoms with Crippen molar-refractivity contribution in [2.75, 3.05) is 14.1 Å². The normalized spacial score (nSPS) is 13.2. The molecule has 3 nitrogen and oxygen atoms in total. The molecule has 1 unspecified atom stereocenters. The van der Waals surface area contributed by atoms with E-state index in [9.17, 15) is 0 Å². The molecule has 2 aromatic carbocycles. The summed E-state index contributed by atoms with van der Waals surface area (Å²) in [5.74, 6) is 5.61. The third kappa shape index (κ3) is 1.93. The number of hydrazine groups is 1. The van der Waals surface area contributed by atoms with Crippen LogP contribution < -0.4 is 11.3 Å². The van der Waals surface area contributed by atoms with Crippen LogP contribution in [0, 0.1) is 0 Å². The highest BCUT2D eigenvalue weighted by molar-refractivity contribution is 5.86. The van der Waals surface area contributed by atoms with Crippen molar-refractivity contribution in [3.05, 3.63) is 48.0 Å². The van der Waals surface area contributed by atoms with Gasteiger partial charge in [-0.25, -0.2) is 5.43 Å². The molecule has 0 heterocycles. The summed E-state index contributed by atoms with van der Waals surface area (Å²) in [5, 5.41) is 2.48. The molecule has 1 atom stereocenters. The monoisotopic (exact) mass is 215 g/mol. The quantitative estimate of drug-likeness (QED) is 0.466. The summed E-state index contributed by atoms with van der Waals surface area (Å²) in [7, 11) is 4.01. The lowest BCUT2D eigenvalue weighted by molar-refractivity contribution is 0.254. The molecule has 0 aliphatic carbocycles. The van der Waals surface area contributed by atoms with E-state index in [0.29, 0.717) is 0 Å². The van der Waals surface area contributed by atoms with E-state index in [0.717, 1.165) is 0 Å². The fourth-order valence-corrected chi connectivity index (χ4v) is 2.01. The summed E-state index contributed by atoms with van der Waals surface area (Å²) in [6.07, 6.45) is 0.0334. The average molecular weight is 215 g/mol. The molecule has 0 fully saturated rings. The number of hydrogen-bond acceptors (Lipinski definition) is 3. The van der Waals surface area contributed by atoms with Gasteiger partial charge in [0.2, 0.25) is 0 Å². The largest absolute Gasteiger partial charge is 0.289 e. The van der Waals surface area contributed by atoms with Crippen LogP contribution in [0.15, 0.2) is 42.5 Å². The minimum Gasteiger partial charge on any atom is -0.289 e. The van der Waals surface area contributed by atoms with Crippen LogP contribution in [-0.4, -0.2) is 19.0 Å². The molecule has 2 aromatic rings. The molecular weight excluding hydrogens is 198 g/mol. The Balaban J connectivity index is 2.59. The minimum absolute atomic E-state index is 0.0334. The van der Waals surface area contributed by atoms with Crippen molar-refractivity contribution >= 4 is 10.8 Å². The topological polar surface area (TPSA) is 41.3 Å². The first-order chi connectivity index (χ1) is 7.74. The number of fused-ring (bicyclic) bond motifs is 1. The van der Waals surface area contributed by atoms with Gasteiger partial charge >= 0.3 is 0 Å². The Morgan fingerprint density at radius 1 is 1.06 bits per heavy atom. The summed E-state index contributed by atoms with van der Waals surface area (Å²) in [6.45, 7) is 0. The van der Waals surface area contributed by atoms with Gasteiger partial charge in [0.25, 0.3) is 0 Å². The van der Waals surface area contributed by atoms with Crippen LogP contribution in [0.4, 0.5) is 0 Å². The molecule has 0 amide bonds. The molecule has 84 valence electrons. The van der Waals surface area contributed by atoms with E-state index < -0.39 is 0 Å². The second-order valence-electron chi connectivity index (χ2n) is 4.10. The van der Waals surface area contributed by atoms with Crippen molar-refractivity contribution in [3.63, 3.8) is 0 Å². The zero-order valence-electron chi connectivity index (χ0n) is 9.64. The highest BCUT2D eigenvalue weighted by atomic mass is 15.4. The maximum Gasteiger partial charge on any atom is 0.0986 e. The first kappa shape index (κ1) is 11.1. The van der Waals surface area contributed by atoms with Crippen molar-refractivity contribution in [1.29, 1.82) is 0 Å². The van der Waals surface area contributed by atoms with Crippen LogP contribution in [-0.2, 0) is 0 Å². The number of hydrogen-bond donors (Lipinski definition) is 2. The summed E-state index contributed by atoms with van der Waals surface area (Å²) in [6, 6.07) is 14.6. The molecule has 2 rings (SSSR count). The summed E-state index contributed by atoms with van der Waals surface area (Å²) < 4.78 is 0. The lowest BCUT2D eigenvalue weighted by Gasteiger charge is -2.25. The molecule has 16 heavy (non-hydrogen) atoms. The van der Waals surface area contributed by atoms with Gasteiger partial charge in [0.1, 0.15) is 0 Å². The van der Waals surface area contributed by atoms with Crippen LogP contribution in [0.5, 0.6) is 0 Å². The lowest BCUT2D eigenvalue weighted by Crippen LogP contribution is -2.37. The van der Waals surface area contributed by atoms with E-state index in [4.69, 9.17) is 5.84 Å². The molecule has 0 saturated carbocycles. The lowest BCUT2D eigenvalue weighted by atomic mass is 10.0. The second-order valence-corrected chi connectivity index (χ2v) is 4.10. The molecule has 0 spiro atoms. The predicted molar refractivity (Wildman–Crippen MR) is 67.7 cm³/mol. The van der Waals surface area contributed by atoms with Gasteiger partial charge in [0.05, 0.1) is 6.17 Å². The van der Waals surface area contributed by atoms with Crippen molar-refractivity contribution in [2.24, 2.45) is 5.84 Å². The zero-order chi connectivity index (χ0) is 11.5. The molecule has 3 N–H and O–H groups in total. The summed E-state index contributed by atoms with van der Waals surface area (Å²) in [5.41, 5.74) is 4.04. The van der Waals surface area contributed by atoms with E-state index in [-0.39, 0.29) is 6.17 Å². The summed E-state index contributed by atoms with van der Waals surface area (Å²) >= 11 is 0. The predicted octanol–water partition coefficient (Wildman–Crippen LogP) is 1.86. The van der Waals surface area contributed by atoms with Crippen molar-refractivity contribution in [3.8, 4) is 0 Å². The van der Waals surface area contributed by atoms with Crippen LogP contribution in [0.1, 0.15) is 11.7 Å². The fourth-order valence-electron chi connectivity index (χ4n) is 2.01. The van der Waals surface area contributed by atoms with Crippen molar-refractivity contribution < 1.29 is 0 Å². The second kappa shape index (κ2) is 4.61. The Morgan fingerprint density at radius 3 is 2.44 bits per heavy atom. The Kier molecular flexibility index (Phi) is 3.19. The molecule has 0 aliphatic rings. The third-order valence-corrected chi connectivity index (χ3v) is 2.79. The van der Waals surface area contributed by atoms with Gasteiger partial charge in [0, 0.05) is 0 Å². The first-order valence-corrected chi connectivity index (χ1v) is 5.34. The Morgan fingerprint density at radius 2 is 1.75 bits per heavy atom. The molecule has 0 saturated heterocycles. The third-order valence-electron chi connectivity index (χ3n) is 2.79. The SMILES string of the molecule is CN(C)C(NN)c1cccc2ccccc12. The minimum atomic E-state index is 0.0334. The van der Waals surface area contributed by atoms with Gasteiger partial charge in [-0.3, -0.25) is 10.7 Å². The first-order valence-electron chi connectivity index (χ1n) is 5.34. The Hall–Kier alpha value is -1.42. The van der Waals surface area contributed by atoms with Crippen molar-refractivity contribution in [2.45, 2.75) is 6.17 Å². The standard InChI is InChI=1S/C13H17N3/c1-16(2)13(15-14)12-9-5-7-10-6-3-4-8-11(10)12/h3-9,13,15H,14H2,1-2H3. The van der Waals surface area contributed by atoms with Gasteiger partial charge in [-0.15, -0.1) is 0 Å². The van der Waals surface area contributed by atoms with E-state index in [1.54, 1.807) is 0 Å². The van der Waals surface area contributed by atoms with E-state index in [1.807, 2.05) is 20.2 Å².